The fourth-order valence-electron chi connectivity index (χ4n) is 1.83. The van der Waals surface area contributed by atoms with Crippen molar-refractivity contribution in [3.05, 3.63) is 16.5 Å². The van der Waals surface area contributed by atoms with E-state index in [1.807, 2.05) is 5.38 Å². The highest BCUT2D eigenvalue weighted by molar-refractivity contribution is 7.14. The van der Waals surface area contributed by atoms with Crippen molar-refractivity contribution in [2.24, 2.45) is 0 Å². The lowest BCUT2D eigenvalue weighted by molar-refractivity contribution is -0.134. The van der Waals surface area contributed by atoms with Crippen LogP contribution in [0, 0.1) is 0 Å². The lowest BCUT2D eigenvalue weighted by Gasteiger charge is -2.17. The van der Waals surface area contributed by atoms with Crippen LogP contribution in [0.1, 0.15) is 29.3 Å². The van der Waals surface area contributed by atoms with E-state index in [0.717, 1.165) is 24.3 Å². The van der Waals surface area contributed by atoms with E-state index in [1.54, 1.807) is 11.3 Å². The average molecular weight is 246 g/mol. The number of fused-ring (bicyclic) bond motifs is 1. The molecule has 1 aromatic rings. The van der Waals surface area contributed by atoms with Crippen LogP contribution in [0.4, 0.5) is 5.00 Å². The molecule has 0 spiro atoms. The molecule has 2 N–H and O–H groups in total. The summed E-state index contributed by atoms with van der Waals surface area (Å²) in [6, 6.07) is 0. The van der Waals surface area contributed by atoms with Gasteiger partial charge in [-0.15, -0.1) is 22.9 Å². The van der Waals surface area contributed by atoms with Crippen molar-refractivity contribution in [1.82, 2.24) is 0 Å². The van der Waals surface area contributed by atoms with Gasteiger partial charge in [0.15, 0.2) is 0 Å². The number of nitrogens with one attached hydrogen (secondary N) is 1. The number of aliphatic carboxylic acids is 1. The van der Waals surface area contributed by atoms with E-state index < -0.39 is 5.97 Å². The first kappa shape index (κ1) is 10.8. The molecule has 0 radical (unpaired) electrons. The molecule has 0 bridgehead atoms. The zero-order valence-electron chi connectivity index (χ0n) is 8.12. The molecule has 15 heavy (non-hydrogen) atoms. The molecule has 2 rings (SSSR count). The molecule has 1 aliphatic carbocycles. The molecule has 5 heteroatoms. The molecule has 0 fully saturated rings. The molecule has 1 aliphatic rings. The van der Waals surface area contributed by atoms with Crippen molar-refractivity contribution in [2.45, 2.75) is 24.6 Å². The summed E-state index contributed by atoms with van der Waals surface area (Å²) in [5.41, 5.74) is 2.40. The molecule has 0 saturated heterocycles. The van der Waals surface area contributed by atoms with Gasteiger partial charge < -0.3 is 10.4 Å². The van der Waals surface area contributed by atoms with Crippen molar-refractivity contribution in [2.75, 3.05) is 11.9 Å². The zero-order valence-corrected chi connectivity index (χ0v) is 9.70. The van der Waals surface area contributed by atoms with Gasteiger partial charge in [-0.1, -0.05) is 0 Å². The van der Waals surface area contributed by atoms with Crippen LogP contribution in [0.25, 0.3) is 0 Å². The van der Waals surface area contributed by atoms with Gasteiger partial charge in [-0.05, 0) is 35.8 Å². The number of hydrogen-bond donors (Lipinski definition) is 2. The van der Waals surface area contributed by atoms with Crippen molar-refractivity contribution in [3.63, 3.8) is 0 Å². The third kappa shape index (κ3) is 2.26. The normalized spacial score (nSPS) is 19.7. The number of hydrogen-bond acceptors (Lipinski definition) is 3. The Kier molecular flexibility index (Phi) is 3.17. The van der Waals surface area contributed by atoms with E-state index in [4.69, 9.17) is 16.7 Å². The molecular weight excluding hydrogens is 234 g/mol. The Balaban J connectivity index is 2.16. The Bertz CT molecular complexity index is 377. The minimum atomic E-state index is -0.838. The van der Waals surface area contributed by atoms with Gasteiger partial charge in [-0.25, -0.2) is 0 Å². The van der Waals surface area contributed by atoms with Crippen LogP contribution in [0.3, 0.4) is 0 Å². The lowest BCUT2D eigenvalue weighted by atomic mass is 9.95. The minimum Gasteiger partial charge on any atom is -0.480 e. The molecule has 1 heterocycles. The number of carbonyl (C=O) groups is 1. The van der Waals surface area contributed by atoms with Gasteiger partial charge in [-0.3, -0.25) is 4.79 Å². The summed E-state index contributed by atoms with van der Waals surface area (Å²) in [5, 5.41) is 14.6. The number of halogens is 1. The summed E-state index contributed by atoms with van der Waals surface area (Å²) in [6.07, 6.45) is 3.10. The predicted molar refractivity (Wildman–Crippen MR) is 62.0 cm³/mol. The van der Waals surface area contributed by atoms with Gasteiger partial charge in [0.1, 0.15) is 6.54 Å². The number of carboxylic acid groups (broad SMARTS) is 1. The summed E-state index contributed by atoms with van der Waals surface area (Å²) in [7, 11) is 0. The highest BCUT2D eigenvalue weighted by Crippen LogP contribution is 2.41. The molecule has 82 valence electrons. The van der Waals surface area contributed by atoms with Crippen molar-refractivity contribution >= 4 is 33.9 Å². The fraction of sp³-hybridized carbons (Fsp3) is 0.500. The number of rotatable bonds is 3. The first-order valence-electron chi connectivity index (χ1n) is 4.88. The van der Waals surface area contributed by atoms with Crippen molar-refractivity contribution < 1.29 is 9.90 Å². The number of anilines is 1. The highest BCUT2D eigenvalue weighted by atomic mass is 35.5. The van der Waals surface area contributed by atoms with Crippen LogP contribution in [0.2, 0.25) is 0 Å². The minimum absolute atomic E-state index is 0.0279. The molecular formula is C10H12ClNO2S. The molecule has 0 aliphatic heterocycles. The third-order valence-electron chi connectivity index (χ3n) is 2.55. The third-order valence-corrected chi connectivity index (χ3v) is 4.00. The second kappa shape index (κ2) is 4.41. The van der Waals surface area contributed by atoms with Crippen LogP contribution >= 0.6 is 22.9 Å². The van der Waals surface area contributed by atoms with Crippen LogP contribution in [-0.4, -0.2) is 17.6 Å². The summed E-state index contributed by atoms with van der Waals surface area (Å²) >= 11 is 7.74. The molecule has 1 unspecified atom stereocenters. The second-order valence-electron chi connectivity index (χ2n) is 3.61. The SMILES string of the molecule is O=C(O)CNc1scc2c1CCCC2Cl. The van der Waals surface area contributed by atoms with Gasteiger partial charge in [-0.2, -0.15) is 0 Å². The Morgan fingerprint density at radius 2 is 2.53 bits per heavy atom. The number of carboxylic acids is 1. The molecule has 1 atom stereocenters. The average Bonchev–Trinajstić information content (AvgIpc) is 2.59. The van der Waals surface area contributed by atoms with E-state index in [2.05, 4.69) is 5.32 Å². The van der Waals surface area contributed by atoms with E-state index in [-0.39, 0.29) is 11.9 Å². The van der Waals surface area contributed by atoms with Gasteiger partial charge in [0.25, 0.3) is 0 Å². The molecule has 0 amide bonds. The molecule has 1 aromatic heterocycles. The van der Waals surface area contributed by atoms with Gasteiger partial charge >= 0.3 is 5.97 Å². The lowest BCUT2D eigenvalue weighted by Crippen LogP contribution is -2.13. The first-order valence-corrected chi connectivity index (χ1v) is 6.20. The number of thiophene rings is 1. The van der Waals surface area contributed by atoms with E-state index in [1.165, 1.54) is 11.1 Å². The monoisotopic (exact) mass is 245 g/mol. The molecule has 3 nitrogen and oxygen atoms in total. The Labute approximate surface area is 97.1 Å². The van der Waals surface area contributed by atoms with Crippen LogP contribution in [-0.2, 0) is 11.2 Å². The maximum atomic E-state index is 10.4. The quantitative estimate of drug-likeness (QED) is 0.805. The standard InChI is InChI=1S/C10H12ClNO2S/c11-8-3-1-2-6-7(8)5-15-10(6)12-4-9(13)14/h5,8,12H,1-4H2,(H,13,14). The summed E-state index contributed by atoms with van der Waals surface area (Å²) in [4.78, 5) is 10.4. The number of alkyl halides is 1. The van der Waals surface area contributed by atoms with E-state index in [0.29, 0.717) is 0 Å². The van der Waals surface area contributed by atoms with Crippen LogP contribution in [0.5, 0.6) is 0 Å². The Morgan fingerprint density at radius 1 is 1.73 bits per heavy atom. The van der Waals surface area contributed by atoms with E-state index >= 15 is 0 Å². The van der Waals surface area contributed by atoms with Gasteiger partial charge in [0, 0.05) is 0 Å². The molecule has 0 saturated carbocycles. The van der Waals surface area contributed by atoms with Gasteiger partial charge in [0.2, 0.25) is 0 Å². The summed E-state index contributed by atoms with van der Waals surface area (Å²) in [5.74, 6) is -0.838. The largest absolute Gasteiger partial charge is 0.480 e. The maximum absolute atomic E-state index is 10.4. The van der Waals surface area contributed by atoms with Crippen LogP contribution in [0.15, 0.2) is 5.38 Å². The fourth-order valence-corrected chi connectivity index (χ4v) is 3.33. The Hall–Kier alpha value is -0.740. The topological polar surface area (TPSA) is 49.3 Å². The smallest absolute Gasteiger partial charge is 0.322 e. The summed E-state index contributed by atoms with van der Waals surface area (Å²) in [6.45, 7) is -0.0279. The van der Waals surface area contributed by atoms with Gasteiger partial charge in [0.05, 0.1) is 10.4 Å². The van der Waals surface area contributed by atoms with Crippen molar-refractivity contribution in [3.8, 4) is 0 Å². The molecule has 0 aromatic carbocycles. The zero-order chi connectivity index (χ0) is 10.8. The van der Waals surface area contributed by atoms with Crippen molar-refractivity contribution in [1.29, 1.82) is 0 Å². The van der Waals surface area contributed by atoms with E-state index in [9.17, 15) is 4.79 Å². The first-order chi connectivity index (χ1) is 7.18. The second-order valence-corrected chi connectivity index (χ2v) is 5.01. The van der Waals surface area contributed by atoms with Crippen LogP contribution < -0.4 is 5.32 Å². The maximum Gasteiger partial charge on any atom is 0.322 e. The predicted octanol–water partition coefficient (Wildman–Crippen LogP) is 2.86. The Morgan fingerprint density at radius 3 is 3.27 bits per heavy atom. The summed E-state index contributed by atoms with van der Waals surface area (Å²) < 4.78 is 0. The highest BCUT2D eigenvalue weighted by Gasteiger charge is 2.22.